The molecule has 0 radical (unpaired) electrons. The maximum atomic E-state index is 12.7. The Morgan fingerprint density at radius 1 is 0.864 bits per heavy atom. The van der Waals surface area contributed by atoms with Crippen molar-refractivity contribution >= 4 is 22.6 Å². The van der Waals surface area contributed by atoms with Crippen LogP contribution in [0.2, 0.25) is 0 Å². The van der Waals surface area contributed by atoms with Crippen molar-refractivity contribution in [2.24, 2.45) is 0 Å². The number of carbonyl (C=O) groups is 2. The fourth-order valence-corrected chi connectivity index (χ4v) is 2.85. The fraction of sp³-hybridized carbons (Fsp3) is 0.0556. The van der Waals surface area contributed by atoms with Crippen molar-refractivity contribution in [1.82, 2.24) is 9.88 Å². The van der Waals surface area contributed by atoms with Crippen molar-refractivity contribution < 1.29 is 9.59 Å². The summed E-state index contributed by atoms with van der Waals surface area (Å²) in [4.78, 5) is 30.7. The largest absolute Gasteiger partial charge is 0.269 e. The van der Waals surface area contributed by atoms with Gasteiger partial charge in [-0.2, -0.15) is 0 Å². The van der Waals surface area contributed by atoms with Crippen molar-refractivity contribution in [2.45, 2.75) is 6.54 Å². The van der Waals surface area contributed by atoms with Crippen LogP contribution in [0, 0.1) is 0 Å². The van der Waals surface area contributed by atoms with Gasteiger partial charge in [-0.3, -0.25) is 19.5 Å². The Labute approximate surface area is 127 Å². The molecule has 0 bridgehead atoms. The third kappa shape index (κ3) is 1.81. The Kier molecular flexibility index (Phi) is 2.76. The number of rotatable bonds is 2. The molecule has 4 heteroatoms. The summed E-state index contributed by atoms with van der Waals surface area (Å²) < 4.78 is 0. The number of hydrogen-bond acceptors (Lipinski definition) is 3. The summed E-state index contributed by atoms with van der Waals surface area (Å²) in [5.74, 6) is -0.501. The third-order valence-corrected chi connectivity index (χ3v) is 3.91. The topological polar surface area (TPSA) is 50.3 Å². The highest BCUT2D eigenvalue weighted by molar-refractivity contribution is 6.26. The lowest BCUT2D eigenvalue weighted by molar-refractivity contribution is 0.0641. The first-order valence-corrected chi connectivity index (χ1v) is 7.03. The zero-order valence-electron chi connectivity index (χ0n) is 11.7. The molecular weight excluding hydrogens is 276 g/mol. The maximum absolute atomic E-state index is 12.7. The minimum atomic E-state index is -0.253. The first-order valence-electron chi connectivity index (χ1n) is 7.03. The molecule has 106 valence electrons. The number of imide groups is 1. The van der Waals surface area contributed by atoms with E-state index < -0.39 is 0 Å². The van der Waals surface area contributed by atoms with Gasteiger partial charge < -0.3 is 0 Å². The maximum Gasteiger partial charge on any atom is 0.262 e. The van der Waals surface area contributed by atoms with E-state index in [1.165, 1.54) is 4.90 Å². The van der Waals surface area contributed by atoms with Gasteiger partial charge in [0, 0.05) is 6.20 Å². The second-order valence-corrected chi connectivity index (χ2v) is 5.23. The number of amides is 2. The van der Waals surface area contributed by atoms with Crippen LogP contribution in [-0.2, 0) is 6.54 Å². The van der Waals surface area contributed by atoms with Gasteiger partial charge in [0.2, 0.25) is 0 Å². The molecule has 4 rings (SSSR count). The normalized spacial score (nSPS) is 13.7. The number of benzene rings is 2. The number of fused-ring (bicyclic) bond motifs is 3. The second kappa shape index (κ2) is 4.77. The average molecular weight is 288 g/mol. The summed E-state index contributed by atoms with van der Waals surface area (Å²) in [7, 11) is 0. The van der Waals surface area contributed by atoms with Gasteiger partial charge in [-0.15, -0.1) is 0 Å². The molecule has 1 aromatic heterocycles. The lowest BCUT2D eigenvalue weighted by Gasteiger charge is -2.12. The molecule has 0 fully saturated rings. The summed E-state index contributed by atoms with van der Waals surface area (Å²) >= 11 is 0. The van der Waals surface area contributed by atoms with E-state index in [4.69, 9.17) is 0 Å². The van der Waals surface area contributed by atoms with Crippen LogP contribution in [0.4, 0.5) is 0 Å². The van der Waals surface area contributed by atoms with Gasteiger partial charge in [0.15, 0.2) is 0 Å². The van der Waals surface area contributed by atoms with Gasteiger partial charge in [-0.05, 0) is 29.0 Å². The van der Waals surface area contributed by atoms with Crippen molar-refractivity contribution in [3.8, 4) is 0 Å². The lowest BCUT2D eigenvalue weighted by Crippen LogP contribution is -2.29. The molecule has 1 aliphatic rings. The zero-order chi connectivity index (χ0) is 15.1. The first kappa shape index (κ1) is 12.7. The highest BCUT2D eigenvalue weighted by Crippen LogP contribution is 2.30. The Hall–Kier alpha value is -3.01. The number of carbonyl (C=O) groups excluding carboxylic acids is 2. The molecule has 1 aliphatic heterocycles. The van der Waals surface area contributed by atoms with Crippen LogP contribution in [0.1, 0.15) is 26.4 Å². The highest BCUT2D eigenvalue weighted by atomic mass is 16.2. The molecule has 3 aromatic rings. The highest BCUT2D eigenvalue weighted by Gasteiger charge is 2.36. The Morgan fingerprint density at radius 3 is 2.50 bits per heavy atom. The summed E-state index contributed by atoms with van der Waals surface area (Å²) in [6, 6.07) is 16.7. The van der Waals surface area contributed by atoms with Gasteiger partial charge in [0.25, 0.3) is 11.8 Å². The Bertz CT molecular complexity index is 903. The van der Waals surface area contributed by atoms with Gasteiger partial charge in [0.05, 0.1) is 23.4 Å². The summed E-state index contributed by atoms with van der Waals surface area (Å²) in [6.07, 6.45) is 1.66. The van der Waals surface area contributed by atoms with Crippen LogP contribution >= 0.6 is 0 Å². The van der Waals surface area contributed by atoms with Gasteiger partial charge in [0.1, 0.15) is 0 Å². The first-order chi connectivity index (χ1) is 10.8. The molecule has 0 aliphatic carbocycles. The van der Waals surface area contributed by atoms with Crippen molar-refractivity contribution in [3.63, 3.8) is 0 Å². The molecule has 0 N–H and O–H groups in total. The predicted molar refractivity (Wildman–Crippen MR) is 82.4 cm³/mol. The number of hydrogen-bond donors (Lipinski definition) is 0. The molecule has 2 amide bonds. The van der Waals surface area contributed by atoms with Crippen LogP contribution in [0.15, 0.2) is 60.8 Å². The molecular formula is C18H12N2O2. The minimum absolute atomic E-state index is 0.196. The van der Waals surface area contributed by atoms with E-state index in [0.29, 0.717) is 16.8 Å². The van der Waals surface area contributed by atoms with E-state index in [9.17, 15) is 9.59 Å². The van der Waals surface area contributed by atoms with Crippen LogP contribution < -0.4 is 0 Å². The van der Waals surface area contributed by atoms with E-state index in [1.54, 1.807) is 18.3 Å². The monoisotopic (exact) mass is 288 g/mol. The summed E-state index contributed by atoms with van der Waals surface area (Å²) in [6.45, 7) is 0.196. The van der Waals surface area contributed by atoms with Crippen LogP contribution in [-0.4, -0.2) is 21.7 Å². The fourth-order valence-electron chi connectivity index (χ4n) is 2.85. The van der Waals surface area contributed by atoms with E-state index >= 15 is 0 Å². The molecule has 0 saturated carbocycles. The van der Waals surface area contributed by atoms with Crippen LogP contribution in [0.3, 0.4) is 0 Å². The molecule has 0 unspecified atom stereocenters. The van der Waals surface area contributed by atoms with Gasteiger partial charge in [-0.1, -0.05) is 36.4 Å². The molecule has 0 spiro atoms. The zero-order valence-corrected chi connectivity index (χ0v) is 11.7. The van der Waals surface area contributed by atoms with Crippen molar-refractivity contribution in [3.05, 3.63) is 77.6 Å². The molecule has 4 nitrogen and oxygen atoms in total. The third-order valence-electron chi connectivity index (χ3n) is 3.91. The number of pyridine rings is 1. The molecule has 2 heterocycles. The molecule has 0 saturated heterocycles. The lowest BCUT2D eigenvalue weighted by atomic mass is 10.0. The van der Waals surface area contributed by atoms with E-state index in [2.05, 4.69) is 4.98 Å². The van der Waals surface area contributed by atoms with Crippen molar-refractivity contribution in [2.75, 3.05) is 0 Å². The van der Waals surface area contributed by atoms with Crippen LogP contribution in [0.5, 0.6) is 0 Å². The van der Waals surface area contributed by atoms with E-state index in [0.717, 1.165) is 10.8 Å². The SMILES string of the molecule is O=C1c2ccc3ccccc3c2C(=O)N1Cc1ccccn1. The van der Waals surface area contributed by atoms with E-state index in [1.807, 2.05) is 42.5 Å². The van der Waals surface area contributed by atoms with Crippen molar-refractivity contribution in [1.29, 1.82) is 0 Å². The van der Waals surface area contributed by atoms with Gasteiger partial charge in [-0.25, -0.2) is 0 Å². The minimum Gasteiger partial charge on any atom is -0.269 e. The summed E-state index contributed by atoms with van der Waals surface area (Å²) in [5.41, 5.74) is 1.67. The summed E-state index contributed by atoms with van der Waals surface area (Å²) in [5, 5.41) is 1.78. The average Bonchev–Trinajstić information content (AvgIpc) is 2.81. The Morgan fingerprint density at radius 2 is 1.68 bits per heavy atom. The molecule has 0 atom stereocenters. The molecule has 22 heavy (non-hydrogen) atoms. The Balaban J connectivity index is 1.81. The quantitative estimate of drug-likeness (QED) is 0.681. The smallest absolute Gasteiger partial charge is 0.262 e. The predicted octanol–water partition coefficient (Wildman–Crippen LogP) is 3.03. The number of aromatic nitrogens is 1. The standard InChI is InChI=1S/C18H12N2O2/c21-17-15-9-8-12-5-1-2-7-14(12)16(15)18(22)20(17)11-13-6-3-4-10-19-13/h1-10H,11H2. The van der Waals surface area contributed by atoms with E-state index in [-0.39, 0.29) is 18.4 Å². The second-order valence-electron chi connectivity index (χ2n) is 5.23. The van der Waals surface area contributed by atoms with Gasteiger partial charge >= 0.3 is 0 Å². The van der Waals surface area contributed by atoms with Crippen LogP contribution in [0.25, 0.3) is 10.8 Å². The molecule has 2 aromatic carbocycles. The number of nitrogens with zero attached hydrogens (tertiary/aromatic N) is 2.